The first-order valence-electron chi connectivity index (χ1n) is 5.49. The molecule has 0 unspecified atom stereocenters. The zero-order valence-corrected chi connectivity index (χ0v) is 10.7. The normalized spacial score (nSPS) is 10.3. The van der Waals surface area contributed by atoms with Crippen molar-refractivity contribution >= 4 is 23.0 Å². The van der Waals surface area contributed by atoms with Crippen LogP contribution in [0.1, 0.15) is 21.2 Å². The Morgan fingerprint density at radius 2 is 2.33 bits per heavy atom. The predicted octanol–water partition coefficient (Wildman–Crippen LogP) is 2.20. The molecule has 2 aromatic rings. The molecule has 2 heterocycles. The fraction of sp³-hybridized carbons (Fsp3) is 0.250. The number of rotatable bonds is 5. The molecule has 5 nitrogen and oxygen atoms in total. The second-order valence-electron chi connectivity index (χ2n) is 3.80. The fourth-order valence-corrected chi connectivity index (χ4v) is 2.23. The fourth-order valence-electron chi connectivity index (χ4n) is 1.46. The van der Waals surface area contributed by atoms with Gasteiger partial charge in [-0.15, -0.1) is 11.3 Å². The van der Waals surface area contributed by atoms with Crippen molar-refractivity contribution in [2.45, 2.75) is 13.3 Å². The van der Waals surface area contributed by atoms with Gasteiger partial charge in [0.1, 0.15) is 5.69 Å². The molecule has 2 rings (SSSR count). The number of nitrogens with zero attached hydrogens (tertiary/aromatic N) is 2. The van der Waals surface area contributed by atoms with E-state index in [9.17, 15) is 4.79 Å². The largest absolute Gasteiger partial charge is 0.477 e. The SMILES string of the molecule is Cc1csc(CCNc2ccc(C(=O)O)nc2)n1. The van der Waals surface area contributed by atoms with Gasteiger partial charge in [0.25, 0.3) is 0 Å². The molecule has 0 fully saturated rings. The van der Waals surface area contributed by atoms with E-state index in [1.807, 2.05) is 12.3 Å². The van der Waals surface area contributed by atoms with Gasteiger partial charge in [0.2, 0.25) is 0 Å². The summed E-state index contributed by atoms with van der Waals surface area (Å²) in [6.07, 6.45) is 2.37. The van der Waals surface area contributed by atoms with Crippen LogP contribution in [0.4, 0.5) is 5.69 Å². The van der Waals surface area contributed by atoms with E-state index in [-0.39, 0.29) is 5.69 Å². The van der Waals surface area contributed by atoms with Crippen LogP contribution < -0.4 is 5.32 Å². The number of thiazole rings is 1. The minimum Gasteiger partial charge on any atom is -0.477 e. The molecule has 6 heteroatoms. The summed E-state index contributed by atoms with van der Waals surface area (Å²) < 4.78 is 0. The summed E-state index contributed by atoms with van der Waals surface area (Å²) in [4.78, 5) is 18.8. The van der Waals surface area contributed by atoms with Crippen molar-refractivity contribution in [1.29, 1.82) is 0 Å². The maximum atomic E-state index is 10.6. The van der Waals surface area contributed by atoms with Crippen molar-refractivity contribution in [3.8, 4) is 0 Å². The maximum absolute atomic E-state index is 10.6. The Morgan fingerprint density at radius 3 is 2.89 bits per heavy atom. The lowest BCUT2D eigenvalue weighted by atomic mass is 10.3. The van der Waals surface area contributed by atoms with Gasteiger partial charge in [-0.2, -0.15) is 0 Å². The van der Waals surface area contributed by atoms with Crippen LogP contribution in [-0.4, -0.2) is 27.6 Å². The highest BCUT2D eigenvalue weighted by atomic mass is 32.1. The summed E-state index contributed by atoms with van der Waals surface area (Å²) in [5.41, 5.74) is 1.91. The van der Waals surface area contributed by atoms with Crippen LogP contribution in [0.2, 0.25) is 0 Å². The molecule has 0 saturated carbocycles. The first kappa shape index (κ1) is 12.5. The monoisotopic (exact) mass is 263 g/mol. The lowest BCUT2D eigenvalue weighted by Crippen LogP contribution is -2.06. The van der Waals surface area contributed by atoms with Gasteiger partial charge < -0.3 is 10.4 Å². The third-order valence-electron chi connectivity index (χ3n) is 2.32. The lowest BCUT2D eigenvalue weighted by Gasteiger charge is -2.04. The van der Waals surface area contributed by atoms with Crippen molar-refractivity contribution in [3.63, 3.8) is 0 Å². The number of hydrogen-bond acceptors (Lipinski definition) is 5. The Morgan fingerprint density at radius 1 is 1.50 bits per heavy atom. The Kier molecular flexibility index (Phi) is 3.88. The van der Waals surface area contributed by atoms with E-state index in [4.69, 9.17) is 5.11 Å². The summed E-state index contributed by atoms with van der Waals surface area (Å²) in [6.45, 7) is 2.73. The van der Waals surface area contributed by atoms with E-state index >= 15 is 0 Å². The summed E-state index contributed by atoms with van der Waals surface area (Å²) in [7, 11) is 0. The van der Waals surface area contributed by atoms with Gasteiger partial charge in [-0.05, 0) is 19.1 Å². The smallest absolute Gasteiger partial charge is 0.354 e. The first-order chi connectivity index (χ1) is 8.65. The maximum Gasteiger partial charge on any atom is 0.354 e. The van der Waals surface area contributed by atoms with E-state index in [2.05, 4.69) is 15.3 Å². The van der Waals surface area contributed by atoms with Crippen LogP contribution >= 0.6 is 11.3 Å². The molecule has 0 aliphatic carbocycles. The van der Waals surface area contributed by atoms with E-state index in [0.717, 1.165) is 29.4 Å². The van der Waals surface area contributed by atoms with E-state index in [1.165, 1.54) is 12.3 Å². The zero-order chi connectivity index (χ0) is 13.0. The van der Waals surface area contributed by atoms with Crippen LogP contribution in [-0.2, 0) is 6.42 Å². The summed E-state index contributed by atoms with van der Waals surface area (Å²) >= 11 is 1.65. The molecule has 0 aliphatic rings. The predicted molar refractivity (Wildman–Crippen MR) is 70.2 cm³/mol. The van der Waals surface area contributed by atoms with Crippen molar-refractivity contribution in [2.24, 2.45) is 0 Å². The quantitative estimate of drug-likeness (QED) is 0.865. The van der Waals surface area contributed by atoms with Gasteiger partial charge in [0.15, 0.2) is 0 Å². The number of pyridine rings is 1. The third kappa shape index (κ3) is 3.27. The molecule has 0 radical (unpaired) electrons. The average molecular weight is 263 g/mol. The van der Waals surface area contributed by atoms with Crippen LogP contribution in [0.15, 0.2) is 23.7 Å². The number of carbonyl (C=O) groups is 1. The van der Waals surface area contributed by atoms with Gasteiger partial charge >= 0.3 is 5.97 Å². The third-order valence-corrected chi connectivity index (χ3v) is 3.34. The standard InChI is InChI=1S/C12H13N3O2S/c1-8-7-18-11(15-8)4-5-13-9-2-3-10(12(16)17)14-6-9/h2-3,6-7,13H,4-5H2,1H3,(H,16,17). The van der Waals surface area contributed by atoms with Gasteiger partial charge in [0, 0.05) is 24.0 Å². The van der Waals surface area contributed by atoms with E-state index in [1.54, 1.807) is 17.4 Å². The minimum absolute atomic E-state index is 0.0519. The Hall–Kier alpha value is -1.95. The van der Waals surface area contributed by atoms with Gasteiger partial charge in [-0.3, -0.25) is 0 Å². The number of aromatic nitrogens is 2. The molecule has 18 heavy (non-hydrogen) atoms. The van der Waals surface area contributed by atoms with Crippen LogP contribution in [0.5, 0.6) is 0 Å². The Balaban J connectivity index is 1.85. The van der Waals surface area contributed by atoms with Gasteiger partial charge in [0.05, 0.1) is 16.9 Å². The van der Waals surface area contributed by atoms with Crippen molar-refractivity contribution in [1.82, 2.24) is 9.97 Å². The number of carboxylic acids is 1. The Labute approximate surface area is 109 Å². The molecule has 0 bridgehead atoms. The van der Waals surface area contributed by atoms with Crippen LogP contribution in [0, 0.1) is 6.92 Å². The molecule has 2 aromatic heterocycles. The van der Waals surface area contributed by atoms with E-state index in [0.29, 0.717) is 0 Å². The van der Waals surface area contributed by atoms with E-state index < -0.39 is 5.97 Å². The summed E-state index contributed by atoms with van der Waals surface area (Å²) in [5.74, 6) is -1.01. The minimum atomic E-state index is -1.01. The highest BCUT2D eigenvalue weighted by Crippen LogP contribution is 2.10. The second-order valence-corrected chi connectivity index (χ2v) is 4.74. The molecule has 0 aliphatic heterocycles. The highest BCUT2D eigenvalue weighted by molar-refractivity contribution is 7.09. The molecular weight excluding hydrogens is 250 g/mol. The molecule has 0 saturated heterocycles. The number of carboxylic acid groups (broad SMARTS) is 1. The number of anilines is 1. The van der Waals surface area contributed by atoms with Crippen LogP contribution in [0.25, 0.3) is 0 Å². The number of hydrogen-bond donors (Lipinski definition) is 2. The van der Waals surface area contributed by atoms with Gasteiger partial charge in [-0.25, -0.2) is 14.8 Å². The van der Waals surface area contributed by atoms with Gasteiger partial charge in [-0.1, -0.05) is 0 Å². The Bertz CT molecular complexity index is 537. The average Bonchev–Trinajstić information content (AvgIpc) is 2.76. The molecule has 2 N–H and O–H groups in total. The topological polar surface area (TPSA) is 75.1 Å². The summed E-state index contributed by atoms with van der Waals surface area (Å²) in [6, 6.07) is 3.20. The molecule has 0 atom stereocenters. The number of aromatic carboxylic acids is 1. The molecule has 0 spiro atoms. The number of aryl methyl sites for hydroxylation is 1. The second kappa shape index (κ2) is 5.59. The number of nitrogens with one attached hydrogen (secondary N) is 1. The van der Waals surface area contributed by atoms with Crippen molar-refractivity contribution in [3.05, 3.63) is 40.1 Å². The van der Waals surface area contributed by atoms with Crippen molar-refractivity contribution < 1.29 is 9.90 Å². The van der Waals surface area contributed by atoms with Crippen LogP contribution in [0.3, 0.4) is 0 Å². The molecule has 94 valence electrons. The first-order valence-corrected chi connectivity index (χ1v) is 6.37. The lowest BCUT2D eigenvalue weighted by molar-refractivity contribution is 0.0690. The molecular formula is C12H13N3O2S. The highest BCUT2D eigenvalue weighted by Gasteiger charge is 2.03. The molecule has 0 aromatic carbocycles. The zero-order valence-electron chi connectivity index (χ0n) is 9.88. The molecule has 0 amide bonds. The summed E-state index contributed by atoms with van der Waals surface area (Å²) in [5, 5.41) is 15.0. The van der Waals surface area contributed by atoms with Crippen molar-refractivity contribution in [2.75, 3.05) is 11.9 Å².